The van der Waals surface area contributed by atoms with E-state index in [2.05, 4.69) is 10.3 Å². The molecule has 0 amide bonds. The molecule has 1 aliphatic heterocycles. The number of nitrogens with zero attached hydrogens (tertiary/aromatic N) is 3. The summed E-state index contributed by atoms with van der Waals surface area (Å²) in [6, 6.07) is 0. The molecule has 0 bridgehead atoms. The van der Waals surface area contributed by atoms with Gasteiger partial charge in [0, 0.05) is 0 Å². The zero-order chi connectivity index (χ0) is 12.4. The third kappa shape index (κ3) is 2.37. The van der Waals surface area contributed by atoms with E-state index in [0.29, 0.717) is 0 Å². The van der Waals surface area contributed by atoms with Crippen molar-refractivity contribution < 1.29 is 30.0 Å². The van der Waals surface area contributed by atoms with Crippen LogP contribution >= 0.6 is 0 Å². The van der Waals surface area contributed by atoms with Crippen LogP contribution in [-0.2, 0) is 4.74 Å². The van der Waals surface area contributed by atoms with Gasteiger partial charge in [-0.05, 0) is 5.21 Å². The molecule has 1 fully saturated rings. The van der Waals surface area contributed by atoms with Gasteiger partial charge in [0.15, 0.2) is 0 Å². The lowest BCUT2D eigenvalue weighted by molar-refractivity contribution is -0.303. The van der Waals surface area contributed by atoms with Gasteiger partial charge < -0.3 is 30.0 Å². The summed E-state index contributed by atoms with van der Waals surface area (Å²) < 4.78 is 5.08. The first-order valence-electron chi connectivity index (χ1n) is 4.97. The van der Waals surface area contributed by atoms with Crippen molar-refractivity contribution in [3.8, 4) is 0 Å². The third-order valence-electron chi connectivity index (χ3n) is 2.46. The van der Waals surface area contributed by atoms with Crippen LogP contribution < -0.4 is 4.84 Å². The summed E-state index contributed by atoms with van der Waals surface area (Å²) in [4.78, 5) is 5.98. The Bertz CT molecular complexity index is 345. The van der Waals surface area contributed by atoms with Crippen LogP contribution in [0, 0.1) is 0 Å². The molecular formula is C8H13N3O6. The highest BCUT2D eigenvalue weighted by Gasteiger charge is 2.45. The number of hydrogen-bond donors (Lipinski definition) is 4. The predicted molar refractivity (Wildman–Crippen MR) is 50.4 cm³/mol. The van der Waals surface area contributed by atoms with Crippen molar-refractivity contribution in [1.82, 2.24) is 15.2 Å². The van der Waals surface area contributed by atoms with Crippen molar-refractivity contribution in [2.24, 2.45) is 0 Å². The van der Waals surface area contributed by atoms with Crippen LogP contribution in [0.3, 0.4) is 0 Å². The maximum absolute atomic E-state index is 9.62. The second-order valence-corrected chi connectivity index (χ2v) is 3.61. The topological polar surface area (TPSA) is 130 Å². The standard InChI is InChI=1S/C8H13N3O6/c12-3-4-5(13)6(14)7(15)8(16-4)17-11-2-1-9-10-11/h1-2,4-8,12-15H,3H2/t4-,5-,6+,7-,8?/m1/s1. The van der Waals surface area contributed by atoms with E-state index in [-0.39, 0.29) is 0 Å². The van der Waals surface area contributed by atoms with Gasteiger partial charge in [-0.2, -0.15) is 0 Å². The summed E-state index contributed by atoms with van der Waals surface area (Å²) in [6.07, 6.45) is -3.91. The average molecular weight is 247 g/mol. The quantitative estimate of drug-likeness (QED) is 0.433. The summed E-state index contributed by atoms with van der Waals surface area (Å²) in [6.45, 7) is -0.512. The Kier molecular flexibility index (Phi) is 3.54. The Morgan fingerprint density at radius 3 is 2.59 bits per heavy atom. The van der Waals surface area contributed by atoms with E-state index < -0.39 is 37.3 Å². The van der Waals surface area contributed by atoms with E-state index in [1.807, 2.05) is 0 Å². The van der Waals surface area contributed by atoms with Gasteiger partial charge in [-0.25, -0.2) is 0 Å². The largest absolute Gasteiger partial charge is 0.394 e. The first-order valence-corrected chi connectivity index (χ1v) is 4.97. The maximum atomic E-state index is 9.62. The monoisotopic (exact) mass is 247 g/mol. The molecule has 0 aliphatic carbocycles. The Hall–Kier alpha value is -1.26. The summed E-state index contributed by atoms with van der Waals surface area (Å²) in [5, 5.41) is 44.5. The molecule has 1 aromatic rings. The highest BCUT2D eigenvalue weighted by molar-refractivity contribution is 4.88. The molecule has 0 radical (unpaired) electrons. The van der Waals surface area contributed by atoms with Gasteiger partial charge in [-0.3, -0.25) is 0 Å². The fourth-order valence-corrected chi connectivity index (χ4v) is 1.51. The predicted octanol–water partition coefficient (Wildman–Crippen LogP) is -3.49. The Balaban J connectivity index is 2.06. The van der Waals surface area contributed by atoms with Crippen molar-refractivity contribution in [2.45, 2.75) is 30.7 Å². The van der Waals surface area contributed by atoms with E-state index in [1.54, 1.807) is 0 Å². The molecule has 2 rings (SSSR count). The van der Waals surface area contributed by atoms with E-state index in [1.165, 1.54) is 12.4 Å². The molecule has 1 unspecified atom stereocenters. The van der Waals surface area contributed by atoms with E-state index in [4.69, 9.17) is 14.7 Å². The zero-order valence-corrected chi connectivity index (χ0v) is 8.70. The first kappa shape index (κ1) is 12.2. The summed E-state index contributed by atoms with van der Waals surface area (Å²) in [7, 11) is 0. The minimum Gasteiger partial charge on any atom is -0.394 e. The molecule has 5 atom stereocenters. The summed E-state index contributed by atoms with van der Waals surface area (Å²) >= 11 is 0. The second kappa shape index (κ2) is 4.94. The molecular weight excluding hydrogens is 234 g/mol. The highest BCUT2D eigenvalue weighted by atomic mass is 16.8. The SMILES string of the molecule is OC[C@H]1OC(On2ccnn2)[C@H](O)[C@@H](O)[C@@H]1O. The van der Waals surface area contributed by atoms with Gasteiger partial charge in [0.1, 0.15) is 24.4 Å². The van der Waals surface area contributed by atoms with Crippen LogP contribution in [0.1, 0.15) is 0 Å². The van der Waals surface area contributed by atoms with Gasteiger partial charge in [-0.15, -0.1) is 5.10 Å². The van der Waals surface area contributed by atoms with Gasteiger partial charge in [0.2, 0.25) is 0 Å². The number of aromatic nitrogens is 3. The number of ether oxygens (including phenoxy) is 1. The molecule has 4 N–H and O–H groups in total. The minimum absolute atomic E-state index is 0.512. The van der Waals surface area contributed by atoms with Crippen LogP contribution in [0.25, 0.3) is 0 Å². The number of hydrogen-bond acceptors (Lipinski definition) is 8. The average Bonchev–Trinajstić information content (AvgIpc) is 2.83. The van der Waals surface area contributed by atoms with Crippen molar-refractivity contribution in [1.29, 1.82) is 0 Å². The van der Waals surface area contributed by atoms with Crippen molar-refractivity contribution >= 4 is 0 Å². The van der Waals surface area contributed by atoms with Crippen LogP contribution in [0.2, 0.25) is 0 Å². The Morgan fingerprint density at radius 1 is 1.24 bits per heavy atom. The molecule has 9 nitrogen and oxygen atoms in total. The number of aliphatic hydroxyl groups is 4. The molecule has 0 saturated carbocycles. The minimum atomic E-state index is -1.48. The lowest BCUT2D eigenvalue weighted by Gasteiger charge is -2.38. The third-order valence-corrected chi connectivity index (χ3v) is 2.46. The van der Waals surface area contributed by atoms with E-state index >= 15 is 0 Å². The van der Waals surface area contributed by atoms with Crippen LogP contribution in [-0.4, -0.2) is 72.9 Å². The fraction of sp³-hybridized carbons (Fsp3) is 0.750. The molecule has 17 heavy (non-hydrogen) atoms. The molecule has 9 heteroatoms. The smallest absolute Gasteiger partial charge is 0.256 e. The van der Waals surface area contributed by atoms with Gasteiger partial charge in [0.05, 0.1) is 19.0 Å². The molecule has 0 spiro atoms. The Labute approximate surface area is 95.8 Å². The Morgan fingerprint density at radius 2 is 2.00 bits per heavy atom. The van der Waals surface area contributed by atoms with Crippen LogP contribution in [0.4, 0.5) is 0 Å². The number of rotatable bonds is 3. The summed E-state index contributed by atoms with van der Waals surface area (Å²) in [5.41, 5.74) is 0. The van der Waals surface area contributed by atoms with Crippen molar-refractivity contribution in [3.63, 3.8) is 0 Å². The van der Waals surface area contributed by atoms with Crippen molar-refractivity contribution in [2.75, 3.05) is 6.61 Å². The molecule has 0 aromatic carbocycles. The summed E-state index contributed by atoms with van der Waals surface area (Å²) in [5.74, 6) is 0. The van der Waals surface area contributed by atoms with Gasteiger partial charge in [-0.1, -0.05) is 4.85 Å². The zero-order valence-electron chi connectivity index (χ0n) is 8.70. The fourth-order valence-electron chi connectivity index (χ4n) is 1.51. The lowest BCUT2D eigenvalue weighted by Crippen LogP contribution is -2.61. The number of aliphatic hydroxyl groups excluding tert-OH is 4. The van der Waals surface area contributed by atoms with Crippen LogP contribution in [0.15, 0.2) is 12.4 Å². The van der Waals surface area contributed by atoms with Gasteiger partial charge in [0.25, 0.3) is 6.29 Å². The normalized spacial score (nSPS) is 38.0. The molecule has 1 saturated heterocycles. The highest BCUT2D eigenvalue weighted by Crippen LogP contribution is 2.20. The molecule has 2 heterocycles. The van der Waals surface area contributed by atoms with Crippen molar-refractivity contribution in [3.05, 3.63) is 12.4 Å². The second-order valence-electron chi connectivity index (χ2n) is 3.61. The first-order chi connectivity index (χ1) is 8.13. The van der Waals surface area contributed by atoms with Gasteiger partial charge >= 0.3 is 0 Å². The lowest BCUT2D eigenvalue weighted by atomic mass is 9.99. The van der Waals surface area contributed by atoms with E-state index in [9.17, 15) is 15.3 Å². The molecule has 1 aliphatic rings. The molecule has 96 valence electrons. The maximum Gasteiger partial charge on any atom is 0.256 e. The molecule has 1 aromatic heterocycles. The van der Waals surface area contributed by atoms with Crippen LogP contribution in [0.5, 0.6) is 0 Å². The van der Waals surface area contributed by atoms with E-state index in [0.717, 1.165) is 4.85 Å².